The Morgan fingerprint density at radius 1 is 0.526 bits per heavy atom. The number of rotatable bonds is 69. The summed E-state index contributed by atoms with van der Waals surface area (Å²) in [6.07, 6.45) is 1.84. The maximum absolute atomic E-state index is 15.4. The van der Waals surface area contributed by atoms with Gasteiger partial charge in [-0.25, -0.2) is 20.3 Å². The zero-order valence-corrected chi connectivity index (χ0v) is 79.9. The van der Waals surface area contributed by atoms with E-state index in [0.29, 0.717) is 104 Å². The molecule has 4 aromatic carbocycles. The van der Waals surface area contributed by atoms with E-state index in [2.05, 4.69) is 79.5 Å². The topological polar surface area (TPSA) is 666 Å². The first-order valence-corrected chi connectivity index (χ1v) is 47.7. The minimum absolute atomic E-state index is 0.0198. The van der Waals surface area contributed by atoms with Crippen LogP contribution in [-0.2, 0) is 97.6 Å². The summed E-state index contributed by atoms with van der Waals surface area (Å²) in [4.78, 5) is 179. The zero-order chi connectivity index (χ0) is 100. The number of hydrogen-bond acceptors (Lipinski definition) is 26. The highest BCUT2D eigenvalue weighted by Gasteiger charge is 2.43. The van der Waals surface area contributed by atoms with Crippen molar-refractivity contribution in [3.8, 4) is 5.75 Å². The number of quaternary nitrogens is 1. The second-order valence-corrected chi connectivity index (χ2v) is 35.9. The molecule has 2 heterocycles. The van der Waals surface area contributed by atoms with Gasteiger partial charge in [0.1, 0.15) is 54.1 Å². The molecule has 6 rings (SSSR count). The Kier molecular flexibility index (Phi) is 53.0. The molecule has 137 heavy (non-hydrogen) atoms. The Bertz CT molecular complexity index is 4470. The monoisotopic (exact) mass is 1940 g/mol. The lowest BCUT2D eigenvalue weighted by Crippen LogP contribution is -2.88. The van der Waals surface area contributed by atoms with Crippen molar-refractivity contribution in [2.24, 2.45) is 28.1 Å². The molecule has 0 aliphatic carbocycles. The molecule has 12 atom stereocenters. The number of urea groups is 1. The maximum atomic E-state index is 15.4. The number of phenols is 1. The first-order chi connectivity index (χ1) is 65.5. The summed E-state index contributed by atoms with van der Waals surface area (Å²) in [7, 11) is 0.117. The fourth-order valence-electron chi connectivity index (χ4n) is 15.4. The normalized spacial score (nSPS) is 15.9. The number of aliphatic hydroxyl groups excluding tert-OH is 1. The lowest BCUT2D eigenvalue weighted by atomic mass is 9.77. The lowest BCUT2D eigenvalue weighted by molar-refractivity contribution is -0.504. The minimum Gasteiger partial charge on any atom is -0.508 e. The van der Waals surface area contributed by atoms with Crippen molar-refractivity contribution in [3.05, 3.63) is 125 Å². The first kappa shape index (κ1) is 115. The quantitative estimate of drug-likeness (QED) is 0.00642. The number of nitrogens with zero attached hydrogens (tertiary/aromatic N) is 3. The van der Waals surface area contributed by atoms with Crippen LogP contribution in [0.5, 0.6) is 5.75 Å². The summed E-state index contributed by atoms with van der Waals surface area (Å²) in [5.41, 5.74) is 23.7. The van der Waals surface area contributed by atoms with Crippen LogP contribution in [0.2, 0.25) is 0 Å². The highest BCUT2D eigenvalue weighted by Crippen LogP contribution is 2.33. The third-order valence-electron chi connectivity index (χ3n) is 22.6. The molecule has 0 saturated carbocycles. The molecule has 46 heteroatoms. The summed E-state index contributed by atoms with van der Waals surface area (Å²) in [6, 6.07) is 16.0. The van der Waals surface area contributed by atoms with Crippen LogP contribution in [0.25, 0.3) is 0 Å². The van der Waals surface area contributed by atoms with Crippen LogP contribution < -0.4 is 103 Å². The number of aliphatic imine (C=N–C) groups is 1. The second kappa shape index (κ2) is 63.4. The molecule has 0 spiro atoms. The van der Waals surface area contributed by atoms with Gasteiger partial charge in [-0.15, -0.1) is 0 Å². The number of aliphatic hydroxyl groups is 1. The minimum atomic E-state index is -1.79. The van der Waals surface area contributed by atoms with E-state index in [4.69, 9.17) is 36.1 Å². The van der Waals surface area contributed by atoms with Crippen molar-refractivity contribution in [3.63, 3.8) is 0 Å². The summed E-state index contributed by atoms with van der Waals surface area (Å²) in [5.74, 6) is -8.98. The Morgan fingerprint density at radius 2 is 1.01 bits per heavy atom. The number of thioether (sulfide) groups is 1. The van der Waals surface area contributed by atoms with Gasteiger partial charge in [-0.3, -0.25) is 58.7 Å². The van der Waals surface area contributed by atoms with E-state index in [1.54, 1.807) is 99.8 Å². The van der Waals surface area contributed by atoms with E-state index in [1.807, 2.05) is 28.6 Å². The van der Waals surface area contributed by atoms with Crippen molar-refractivity contribution < 1.29 is 123 Å². The summed E-state index contributed by atoms with van der Waals surface area (Å²) >= 11 is 1.85. The average Bonchev–Trinajstić information content (AvgIpc) is 1.66. The number of benzene rings is 4. The van der Waals surface area contributed by atoms with Gasteiger partial charge in [0.2, 0.25) is 59.1 Å². The molecule has 0 bridgehead atoms. The molecule has 4 aromatic rings. The molecule has 2 aliphatic rings. The number of amides is 12. The largest absolute Gasteiger partial charge is 0.508 e. The molecule has 2 fully saturated rings. The zero-order valence-electron chi connectivity index (χ0n) is 79.1. The number of unbranched alkanes of at least 4 members (excludes halogenated alkanes) is 3. The standard InChI is InChI=1S/C91H142B2N20O23S/c1-58(2)51-71(86(124)105-69(28-16-18-42-113(5)56-63-24-10-12-26-66(63)93(131)132)84(122)108-72(52-60-21-7-6-8-22-60)81(119)101-54-78(118)103-73(88(126)127)53-61-33-35-64(115)36-34-61)107-83(121)68(27-15-17-41-112(4)55-62-23-9-11-25-65(62)92(129)130)104-82(120)70(30-20-39-100-90(96)97)106-87(125)79(59(3)114)110-85(123)67(29-19-38-99-89(94)95)102-77(117)37-43-133-45-47-135-49-50-136-48-46-134-44-40-98-76(116)32-14-13-31-75-80-74(57-137-75)109-91(128)111-80/h6-12,21-26,33-36,58-59,67-75,79-80,114-115,129-132H,13-20,27-32,37-57H2,1-5H3,(H,98,116)(H,101,119)(H,102,117)(H,103,118)(H,104,120)(H,105,124)(H,106,125)(H,107,121)(H,108,122)(H,110,123)(H,126,127)(H4,94,95,99)(H4,96,97,100)(H2,109,111,128)/p+2/t59-,67+,68+,69+,70+,71+,72+,73+,74+,75+,79+,80+/m1/s1. The predicted octanol–water partition coefficient (Wildman–Crippen LogP) is -6.58. The van der Waals surface area contributed by atoms with Crippen molar-refractivity contribution >= 4 is 120 Å². The number of carbonyl (C=O) groups is 12. The fraction of sp³-hybridized carbons (Fsp3) is 0.582. The van der Waals surface area contributed by atoms with E-state index in [-0.39, 0.29) is 177 Å². The van der Waals surface area contributed by atoms with E-state index < -0.39 is 134 Å². The molecule has 0 aromatic heterocycles. The number of nitrogens with one attached hydrogen (secondary N) is 13. The molecule has 43 nitrogen and oxygen atoms in total. The molecular formula is C91H144B2N20O23S+2. The highest BCUT2D eigenvalue weighted by molar-refractivity contribution is 8.00. The van der Waals surface area contributed by atoms with Crippen molar-refractivity contribution in [2.75, 3.05) is 112 Å². The number of fused-ring (bicyclic) bond motifs is 1. The Labute approximate surface area is 804 Å². The van der Waals surface area contributed by atoms with Crippen LogP contribution in [0.4, 0.5) is 4.79 Å². The number of carboxylic acid groups (broad SMARTS) is 1. The number of hydrogen-bond donors (Lipinski definition) is 24. The maximum Gasteiger partial charge on any atom is 0.488 e. The van der Waals surface area contributed by atoms with Gasteiger partial charge >= 0.3 is 32.2 Å². The number of guanidine groups is 2. The van der Waals surface area contributed by atoms with Crippen molar-refractivity contribution in [2.45, 2.75) is 221 Å². The number of aromatic hydroxyl groups is 1. The SMILES string of the molecule is CC(C)C[C@H](NC(=O)[C@H](CCCCN(C)Cc1ccccc1B(O)O)NC(=O)[C@H](CCCN=C(N)N)NC(=O)[C@@H](NC(=O)[C@H](CCC[NH+]=C(N)[NH3+])NC(=O)CCOCCOCCOCCOCCNC(=O)CCCC[C@@H]1SC[C@@H]2NC(=O)N[C@@H]21)[C@@H](C)O)C(=O)N[C@@H](CCCCN(C)Cc1ccccc1B(O)O)C(=O)N[C@@H](Cc1ccccc1)C(=O)NCC(=O)N[C@@H](Cc1ccc(O)cc1)C(=O)O. The van der Waals surface area contributed by atoms with Gasteiger partial charge in [-0.1, -0.05) is 111 Å². The van der Waals surface area contributed by atoms with Crippen molar-refractivity contribution in [1.82, 2.24) is 73.6 Å². The molecule has 2 saturated heterocycles. The van der Waals surface area contributed by atoms with E-state index in [9.17, 15) is 73.8 Å². The van der Waals surface area contributed by atoms with Gasteiger partial charge in [0.25, 0.3) is 0 Å². The van der Waals surface area contributed by atoms with Gasteiger partial charge in [-0.05, 0) is 169 Å². The van der Waals surface area contributed by atoms with Gasteiger partial charge < -0.3 is 139 Å². The lowest BCUT2D eigenvalue weighted by Gasteiger charge is -2.29. The molecule has 2 aliphatic heterocycles. The van der Waals surface area contributed by atoms with Crippen LogP contribution in [0.3, 0.4) is 0 Å². The van der Waals surface area contributed by atoms with E-state index >= 15 is 19.2 Å². The van der Waals surface area contributed by atoms with Gasteiger partial charge in [0.15, 0.2) is 5.96 Å². The van der Waals surface area contributed by atoms with E-state index in [0.717, 1.165) is 25.0 Å². The number of phenolic OH excluding ortho intramolecular Hbond substituents is 1. The van der Waals surface area contributed by atoms with Gasteiger partial charge in [-0.2, -0.15) is 11.8 Å². The summed E-state index contributed by atoms with van der Waals surface area (Å²) < 4.78 is 22.4. The van der Waals surface area contributed by atoms with Crippen LogP contribution in [-0.4, -0.2) is 326 Å². The molecule has 0 radical (unpaired) electrons. The summed E-state index contributed by atoms with van der Waals surface area (Å²) in [5, 5.41) is 105. The number of nitrogens with two attached hydrogens (primary N) is 3. The Hall–Kier alpha value is -11.1. The van der Waals surface area contributed by atoms with Crippen LogP contribution >= 0.6 is 11.8 Å². The average molecular weight is 1940 g/mol. The Morgan fingerprint density at radius 3 is 1.55 bits per heavy atom. The molecule has 12 amide bonds. The first-order valence-electron chi connectivity index (χ1n) is 46.7. The van der Waals surface area contributed by atoms with Crippen LogP contribution in [0, 0.1) is 5.92 Å². The number of carboxylic acids is 1. The molecule has 0 unspecified atom stereocenters. The van der Waals surface area contributed by atoms with Crippen molar-refractivity contribution in [1.29, 1.82) is 0 Å². The molecule has 29 N–H and O–H groups in total. The number of carbonyl (C=O) groups excluding carboxylic acids is 11. The highest BCUT2D eigenvalue weighted by atomic mass is 32.2. The Balaban J connectivity index is 1.14. The van der Waals surface area contributed by atoms with E-state index in [1.165, 1.54) is 31.2 Å². The molecular weight excluding hydrogens is 1790 g/mol. The van der Waals surface area contributed by atoms with Crippen LogP contribution in [0.1, 0.15) is 146 Å². The number of aliphatic carboxylic acids is 1. The third kappa shape index (κ3) is 45.4. The smallest absolute Gasteiger partial charge is 0.488 e. The number of ether oxygens (including phenoxy) is 4. The van der Waals surface area contributed by atoms with Crippen LogP contribution in [0.15, 0.2) is 108 Å². The molecule has 756 valence electrons. The summed E-state index contributed by atoms with van der Waals surface area (Å²) in [6.45, 7) is 7.50. The third-order valence-corrected chi connectivity index (χ3v) is 24.1. The predicted molar refractivity (Wildman–Crippen MR) is 514 cm³/mol. The fourth-order valence-corrected chi connectivity index (χ4v) is 16.9. The van der Waals surface area contributed by atoms with Gasteiger partial charge in [0.05, 0.1) is 84.1 Å². The van der Waals surface area contributed by atoms with Gasteiger partial charge in [0, 0.05) is 62.9 Å². The second-order valence-electron chi connectivity index (χ2n) is 34.6.